The Morgan fingerprint density at radius 3 is 1.35 bits per heavy atom. The highest BCUT2D eigenvalue weighted by Crippen LogP contribution is 2.34. The fourth-order valence-electron chi connectivity index (χ4n) is 9.60. The molecule has 0 saturated heterocycles. The molecule has 0 fully saturated rings. The number of carbonyl (C=O) groups excluding carboxylic acids is 4. The van der Waals surface area contributed by atoms with Crippen LogP contribution in [0.1, 0.15) is 104 Å². The van der Waals surface area contributed by atoms with Crippen molar-refractivity contribution >= 4 is 45.2 Å². The van der Waals surface area contributed by atoms with Crippen LogP contribution in [0.5, 0.6) is 0 Å². The molecule has 4 aromatic carbocycles. The van der Waals surface area contributed by atoms with Crippen LogP contribution in [-0.4, -0.2) is 60.2 Å². The lowest BCUT2D eigenvalue weighted by Crippen LogP contribution is -2.42. The summed E-state index contributed by atoms with van der Waals surface area (Å²) in [6.07, 6.45) is 27.6. The average Bonchev–Trinajstić information content (AvgIpc) is 4.05. The lowest BCUT2D eigenvalue weighted by molar-refractivity contribution is -0.696. The quantitative estimate of drug-likeness (QED) is 0.0495. The second-order valence-corrected chi connectivity index (χ2v) is 17.4. The Kier molecular flexibility index (Phi) is 12.1. The zero-order chi connectivity index (χ0) is 43.5. The predicted molar refractivity (Wildman–Crippen MR) is 239 cm³/mol. The normalized spacial score (nSPS) is 13.7. The third kappa shape index (κ3) is 8.71. The Morgan fingerprint density at radius 1 is 0.429 bits per heavy atom. The van der Waals surface area contributed by atoms with Crippen LogP contribution in [0.4, 0.5) is 0 Å². The van der Waals surface area contributed by atoms with Gasteiger partial charge in [0.2, 0.25) is 19.0 Å². The number of carbonyl (C=O) groups is 4. The van der Waals surface area contributed by atoms with E-state index in [1.54, 1.807) is 0 Å². The first kappa shape index (κ1) is 41.7. The zero-order valence-electron chi connectivity index (χ0n) is 36.5. The number of aromatic nitrogens is 6. The number of hydrogen-bond donors (Lipinski definition) is 0. The first-order valence-corrected chi connectivity index (χ1v) is 22.6. The average molecular weight is 846 g/mol. The van der Waals surface area contributed by atoms with Crippen LogP contribution in [0.2, 0.25) is 0 Å². The first-order valence-electron chi connectivity index (χ1n) is 22.6. The van der Waals surface area contributed by atoms with E-state index in [1.165, 1.54) is 20.9 Å². The fourth-order valence-corrected chi connectivity index (χ4v) is 9.60. The van der Waals surface area contributed by atoms with Crippen molar-refractivity contribution in [3.8, 4) is 0 Å². The van der Waals surface area contributed by atoms with E-state index in [1.807, 2.05) is 96.5 Å². The molecule has 0 spiro atoms. The van der Waals surface area contributed by atoms with Crippen molar-refractivity contribution in [2.75, 3.05) is 13.1 Å². The maximum Gasteiger partial charge on any atom is 0.261 e. The number of amides is 4. The largest absolute Gasteiger partial charge is 0.274 e. The van der Waals surface area contributed by atoms with E-state index in [2.05, 4.69) is 61.8 Å². The molecule has 322 valence electrons. The fraction of sp³-hybridized carbons (Fsp3) is 0.353. The van der Waals surface area contributed by atoms with Crippen molar-refractivity contribution in [2.45, 2.75) is 90.4 Å². The van der Waals surface area contributed by atoms with Gasteiger partial charge in [-0.25, -0.2) is 27.4 Å². The highest BCUT2D eigenvalue weighted by molar-refractivity contribution is 6.26. The van der Waals surface area contributed by atoms with Gasteiger partial charge >= 0.3 is 0 Å². The zero-order valence-corrected chi connectivity index (χ0v) is 36.5. The summed E-state index contributed by atoms with van der Waals surface area (Å²) < 4.78 is 12.7. The molecule has 0 aliphatic carbocycles. The number of imidazole rings is 3. The standard InChI is InChI=1S/C51H57N8O4/c1-52-29-31-54(35-52)24-8-4-13-38-19-21-44-46-40(38)15-10-17-42(46)48(60)58(50(44)62)27-7-3-6-23-56-33-34-57(37-56)26-12-28-59-49(61)43-18-11-16-41-39(20-22-45(47(41)43)51(59)63)14-5-9-25-55-32-30-53(2)36-55/h10-11,15-22,29-37H,3-9,12-14,23-28H2,1-2H3/q+3. The topological polar surface area (TPSA) is 101 Å². The highest BCUT2D eigenvalue weighted by Gasteiger charge is 2.34. The first-order chi connectivity index (χ1) is 30.7. The van der Waals surface area contributed by atoms with Gasteiger partial charge in [-0.2, -0.15) is 0 Å². The molecule has 4 amide bonds. The molecule has 7 aromatic rings. The number of aryl methyl sites for hydroxylation is 8. The molecule has 0 atom stereocenters. The van der Waals surface area contributed by atoms with Crippen molar-refractivity contribution in [3.63, 3.8) is 0 Å². The summed E-state index contributed by atoms with van der Waals surface area (Å²) in [7, 11) is 4.05. The molecule has 0 N–H and O–H groups in total. The Balaban J connectivity index is 0.725. The van der Waals surface area contributed by atoms with Crippen LogP contribution in [0.25, 0.3) is 21.5 Å². The lowest BCUT2D eigenvalue weighted by atomic mass is 9.89. The summed E-state index contributed by atoms with van der Waals surface area (Å²) >= 11 is 0. The molecule has 63 heavy (non-hydrogen) atoms. The summed E-state index contributed by atoms with van der Waals surface area (Å²) in [5.41, 5.74) is 4.80. The molecule has 5 heterocycles. The van der Waals surface area contributed by atoms with Gasteiger partial charge < -0.3 is 0 Å². The maximum atomic E-state index is 13.7. The Hall–Kier alpha value is -6.69. The monoisotopic (exact) mass is 845 g/mol. The van der Waals surface area contributed by atoms with Crippen molar-refractivity contribution in [1.82, 2.24) is 23.5 Å². The minimum Gasteiger partial charge on any atom is -0.274 e. The molecule has 2 aliphatic heterocycles. The molecular weight excluding hydrogens is 789 g/mol. The van der Waals surface area contributed by atoms with Gasteiger partial charge in [0.25, 0.3) is 23.6 Å². The highest BCUT2D eigenvalue weighted by atomic mass is 16.2. The Bertz CT molecular complexity index is 2800. The molecular formula is C51H57N8O4+3. The molecule has 2 aliphatic rings. The van der Waals surface area contributed by atoms with Gasteiger partial charge in [0.05, 0.1) is 40.3 Å². The van der Waals surface area contributed by atoms with E-state index in [9.17, 15) is 19.2 Å². The van der Waals surface area contributed by atoms with Crippen molar-refractivity contribution in [3.05, 3.63) is 150 Å². The van der Waals surface area contributed by atoms with Gasteiger partial charge in [-0.3, -0.25) is 29.0 Å². The molecule has 0 unspecified atom stereocenters. The third-order valence-electron chi connectivity index (χ3n) is 12.9. The Morgan fingerprint density at radius 2 is 0.857 bits per heavy atom. The van der Waals surface area contributed by atoms with Crippen molar-refractivity contribution in [2.24, 2.45) is 14.1 Å². The minimum absolute atomic E-state index is 0.203. The summed E-state index contributed by atoms with van der Waals surface area (Å²) in [6, 6.07) is 19.6. The molecule has 0 radical (unpaired) electrons. The van der Waals surface area contributed by atoms with E-state index in [4.69, 9.17) is 0 Å². The van der Waals surface area contributed by atoms with Gasteiger partial charge in [-0.05, 0) is 104 Å². The van der Waals surface area contributed by atoms with Gasteiger partial charge in [-0.1, -0.05) is 36.4 Å². The van der Waals surface area contributed by atoms with Gasteiger partial charge in [0.15, 0.2) is 0 Å². The van der Waals surface area contributed by atoms with Crippen LogP contribution in [0.3, 0.4) is 0 Å². The summed E-state index contributed by atoms with van der Waals surface area (Å²) in [6.45, 7) is 4.12. The van der Waals surface area contributed by atoms with Gasteiger partial charge in [-0.15, -0.1) is 0 Å². The summed E-state index contributed by atoms with van der Waals surface area (Å²) in [5.74, 6) is -0.847. The van der Waals surface area contributed by atoms with Crippen LogP contribution < -0.4 is 13.7 Å². The number of rotatable bonds is 20. The molecule has 9 rings (SSSR count). The van der Waals surface area contributed by atoms with Crippen LogP contribution in [0.15, 0.2) is 117 Å². The van der Waals surface area contributed by atoms with E-state index < -0.39 is 0 Å². The van der Waals surface area contributed by atoms with Gasteiger partial charge in [0, 0.05) is 52.5 Å². The number of imide groups is 2. The maximum absolute atomic E-state index is 13.7. The second-order valence-electron chi connectivity index (χ2n) is 17.4. The number of nitrogens with zero attached hydrogens (tertiary/aromatic N) is 8. The second kappa shape index (κ2) is 18.3. The van der Waals surface area contributed by atoms with Gasteiger partial charge in [0.1, 0.15) is 37.2 Å². The van der Waals surface area contributed by atoms with E-state index >= 15 is 0 Å². The van der Waals surface area contributed by atoms with E-state index in [-0.39, 0.29) is 23.6 Å². The summed E-state index contributed by atoms with van der Waals surface area (Å²) in [4.78, 5) is 57.7. The number of unbranched alkanes of at least 4 members (excludes halogenated alkanes) is 4. The van der Waals surface area contributed by atoms with Crippen LogP contribution in [-0.2, 0) is 53.1 Å². The molecule has 3 aromatic heterocycles. The predicted octanol–water partition coefficient (Wildman–Crippen LogP) is 6.53. The molecule has 0 saturated carbocycles. The smallest absolute Gasteiger partial charge is 0.261 e. The van der Waals surface area contributed by atoms with Crippen LogP contribution >= 0.6 is 0 Å². The summed E-state index contributed by atoms with van der Waals surface area (Å²) in [5, 5.41) is 3.60. The number of benzene rings is 4. The lowest BCUT2D eigenvalue weighted by Gasteiger charge is -2.28. The van der Waals surface area contributed by atoms with Crippen molar-refractivity contribution < 1.29 is 32.9 Å². The molecule has 12 nitrogen and oxygen atoms in total. The number of hydrogen-bond acceptors (Lipinski definition) is 4. The third-order valence-corrected chi connectivity index (χ3v) is 12.9. The van der Waals surface area contributed by atoms with E-state index in [0.29, 0.717) is 48.3 Å². The minimum atomic E-state index is -0.221. The SMILES string of the molecule is C[n+]1ccn(CCCCc2ccc3c4c(cccc24)C(=O)N(CCCCCn2cc[n+](CCCN4C(=O)c5cccc6c(CCCCn7cc[n+](C)c7)ccc(c56)C4=O)c2)C3=O)c1. The molecule has 12 heteroatoms. The molecule has 0 bridgehead atoms. The van der Waals surface area contributed by atoms with E-state index in [0.717, 1.165) is 99.0 Å². The van der Waals surface area contributed by atoms with Crippen molar-refractivity contribution in [1.29, 1.82) is 0 Å². The Labute approximate surface area is 368 Å². The van der Waals surface area contributed by atoms with Crippen LogP contribution in [0, 0.1) is 0 Å².